The van der Waals surface area contributed by atoms with Gasteiger partial charge in [0.15, 0.2) is 5.76 Å². The predicted octanol–water partition coefficient (Wildman–Crippen LogP) is 1.54. The standard InChI is InChI=1S/C12H20N2O4S/c1-4-6-9(5-2)14-12(15)10-7-11(8(3)18-10)19(13,16)17/h7,9H,4-6H2,1-3H3,(H,14,15)(H2,13,16,17). The summed E-state index contributed by atoms with van der Waals surface area (Å²) in [6.45, 7) is 5.47. The number of sulfonamides is 1. The lowest BCUT2D eigenvalue weighted by Crippen LogP contribution is -2.34. The minimum Gasteiger partial charge on any atom is -0.455 e. The second-order valence-corrected chi connectivity index (χ2v) is 5.97. The smallest absolute Gasteiger partial charge is 0.287 e. The maximum absolute atomic E-state index is 11.9. The molecule has 0 aliphatic carbocycles. The van der Waals surface area contributed by atoms with E-state index >= 15 is 0 Å². The Labute approximate surface area is 113 Å². The molecule has 108 valence electrons. The van der Waals surface area contributed by atoms with Gasteiger partial charge in [-0.1, -0.05) is 20.3 Å². The van der Waals surface area contributed by atoms with E-state index in [1.165, 1.54) is 13.0 Å². The van der Waals surface area contributed by atoms with Gasteiger partial charge < -0.3 is 9.73 Å². The number of furan rings is 1. The SMILES string of the molecule is CCCC(CC)NC(=O)c1cc(S(N)(=O)=O)c(C)o1. The Morgan fingerprint density at radius 3 is 2.53 bits per heavy atom. The fourth-order valence-corrected chi connectivity index (χ4v) is 2.56. The predicted molar refractivity (Wildman–Crippen MR) is 71.3 cm³/mol. The van der Waals surface area contributed by atoms with Gasteiger partial charge in [-0.05, 0) is 19.8 Å². The average Bonchev–Trinajstić information content (AvgIpc) is 2.70. The quantitative estimate of drug-likeness (QED) is 0.828. The number of nitrogens with one attached hydrogen (secondary N) is 1. The Morgan fingerprint density at radius 2 is 2.11 bits per heavy atom. The van der Waals surface area contributed by atoms with Crippen LogP contribution in [-0.4, -0.2) is 20.4 Å². The third-order valence-corrected chi connectivity index (χ3v) is 3.89. The third-order valence-electron chi connectivity index (χ3n) is 2.87. The second kappa shape index (κ2) is 6.21. The summed E-state index contributed by atoms with van der Waals surface area (Å²) in [5, 5.41) is 7.83. The van der Waals surface area contributed by atoms with Crippen LogP contribution in [0.4, 0.5) is 0 Å². The van der Waals surface area contributed by atoms with Crippen LogP contribution in [0.2, 0.25) is 0 Å². The van der Waals surface area contributed by atoms with Gasteiger partial charge >= 0.3 is 0 Å². The van der Waals surface area contributed by atoms with Crippen LogP contribution in [-0.2, 0) is 10.0 Å². The van der Waals surface area contributed by atoms with Gasteiger partial charge in [0, 0.05) is 12.1 Å². The number of rotatable bonds is 6. The van der Waals surface area contributed by atoms with E-state index in [-0.39, 0.29) is 22.5 Å². The maximum atomic E-state index is 11.9. The van der Waals surface area contributed by atoms with Crippen molar-refractivity contribution in [3.8, 4) is 0 Å². The molecule has 0 saturated carbocycles. The number of carbonyl (C=O) groups excluding carboxylic acids is 1. The molecule has 0 fully saturated rings. The van der Waals surface area contributed by atoms with Gasteiger partial charge in [0.1, 0.15) is 10.7 Å². The summed E-state index contributed by atoms with van der Waals surface area (Å²) in [6, 6.07) is 1.22. The van der Waals surface area contributed by atoms with Gasteiger partial charge in [0.05, 0.1) is 0 Å². The highest BCUT2D eigenvalue weighted by Crippen LogP contribution is 2.18. The van der Waals surface area contributed by atoms with E-state index in [1.807, 2.05) is 13.8 Å². The Morgan fingerprint density at radius 1 is 1.47 bits per heavy atom. The zero-order valence-corrected chi connectivity index (χ0v) is 12.2. The number of hydrogen-bond acceptors (Lipinski definition) is 4. The van der Waals surface area contributed by atoms with E-state index in [0.717, 1.165) is 19.3 Å². The number of primary sulfonamides is 1. The van der Waals surface area contributed by atoms with Gasteiger partial charge in [-0.15, -0.1) is 0 Å². The average molecular weight is 288 g/mol. The number of aryl methyl sites for hydroxylation is 1. The fraction of sp³-hybridized carbons (Fsp3) is 0.583. The first kappa shape index (κ1) is 15.7. The Balaban J connectivity index is 2.90. The summed E-state index contributed by atoms with van der Waals surface area (Å²) >= 11 is 0. The van der Waals surface area contributed by atoms with Crippen LogP contribution < -0.4 is 10.5 Å². The van der Waals surface area contributed by atoms with Gasteiger partial charge in [-0.2, -0.15) is 0 Å². The highest BCUT2D eigenvalue weighted by Gasteiger charge is 2.22. The summed E-state index contributed by atoms with van der Waals surface area (Å²) in [6.07, 6.45) is 2.63. The van der Waals surface area contributed by atoms with E-state index in [0.29, 0.717) is 0 Å². The van der Waals surface area contributed by atoms with Crippen molar-refractivity contribution >= 4 is 15.9 Å². The molecule has 1 amide bonds. The molecule has 1 aromatic rings. The third kappa shape index (κ3) is 4.07. The van der Waals surface area contributed by atoms with Gasteiger partial charge in [0.25, 0.3) is 5.91 Å². The zero-order chi connectivity index (χ0) is 14.6. The van der Waals surface area contributed by atoms with Crippen molar-refractivity contribution in [1.29, 1.82) is 0 Å². The summed E-state index contributed by atoms with van der Waals surface area (Å²) in [5.74, 6) is -0.328. The van der Waals surface area contributed by atoms with Crippen LogP contribution >= 0.6 is 0 Å². The Kier molecular flexibility index (Phi) is 5.13. The molecular weight excluding hydrogens is 268 g/mol. The van der Waals surface area contributed by atoms with Crippen molar-refractivity contribution in [2.24, 2.45) is 5.14 Å². The van der Waals surface area contributed by atoms with E-state index < -0.39 is 15.9 Å². The summed E-state index contributed by atoms with van der Waals surface area (Å²) in [7, 11) is -3.86. The van der Waals surface area contributed by atoms with Crippen LogP contribution in [0.15, 0.2) is 15.4 Å². The number of hydrogen-bond donors (Lipinski definition) is 2. The van der Waals surface area contributed by atoms with Crippen molar-refractivity contribution in [2.75, 3.05) is 0 Å². The maximum Gasteiger partial charge on any atom is 0.287 e. The second-order valence-electron chi connectivity index (χ2n) is 4.44. The lowest BCUT2D eigenvalue weighted by atomic mass is 10.1. The molecule has 0 spiro atoms. The molecule has 1 heterocycles. The molecule has 0 aromatic carbocycles. The molecule has 0 bridgehead atoms. The molecule has 1 unspecified atom stereocenters. The monoisotopic (exact) mass is 288 g/mol. The largest absolute Gasteiger partial charge is 0.455 e. The first-order chi connectivity index (χ1) is 8.79. The summed E-state index contributed by atoms with van der Waals surface area (Å²) < 4.78 is 27.7. The molecule has 1 atom stereocenters. The minimum absolute atomic E-state index is 0.0314. The molecule has 7 heteroatoms. The first-order valence-electron chi connectivity index (χ1n) is 6.23. The highest BCUT2D eigenvalue weighted by molar-refractivity contribution is 7.89. The molecule has 1 rings (SSSR count). The van der Waals surface area contributed by atoms with Crippen LogP contribution in [0.25, 0.3) is 0 Å². The molecule has 19 heavy (non-hydrogen) atoms. The topological polar surface area (TPSA) is 102 Å². The Bertz CT molecular complexity index is 548. The highest BCUT2D eigenvalue weighted by atomic mass is 32.2. The van der Waals surface area contributed by atoms with Crippen molar-refractivity contribution in [3.63, 3.8) is 0 Å². The lowest BCUT2D eigenvalue weighted by Gasteiger charge is -2.14. The van der Waals surface area contributed by atoms with E-state index in [1.54, 1.807) is 0 Å². The van der Waals surface area contributed by atoms with Crippen LogP contribution in [0, 0.1) is 6.92 Å². The number of nitrogens with two attached hydrogens (primary N) is 1. The molecule has 0 saturated heterocycles. The van der Waals surface area contributed by atoms with Crippen LogP contribution in [0.5, 0.6) is 0 Å². The van der Waals surface area contributed by atoms with Crippen molar-refractivity contribution in [3.05, 3.63) is 17.6 Å². The molecule has 0 aliphatic rings. The van der Waals surface area contributed by atoms with Crippen LogP contribution in [0.3, 0.4) is 0 Å². The number of carbonyl (C=O) groups is 1. The van der Waals surface area contributed by atoms with Gasteiger partial charge in [-0.3, -0.25) is 4.79 Å². The van der Waals surface area contributed by atoms with Crippen molar-refractivity contribution in [2.45, 2.75) is 51.0 Å². The molecular formula is C12H20N2O4S. The van der Waals surface area contributed by atoms with Gasteiger partial charge in [-0.25, -0.2) is 13.6 Å². The van der Waals surface area contributed by atoms with E-state index in [9.17, 15) is 13.2 Å². The minimum atomic E-state index is -3.86. The molecule has 0 radical (unpaired) electrons. The molecule has 0 aliphatic heterocycles. The molecule has 1 aromatic heterocycles. The summed E-state index contributed by atoms with van der Waals surface area (Å²) in [4.78, 5) is 11.8. The molecule has 6 nitrogen and oxygen atoms in total. The van der Waals surface area contributed by atoms with Crippen molar-refractivity contribution in [1.82, 2.24) is 5.32 Å². The normalized spacial score (nSPS) is 13.3. The van der Waals surface area contributed by atoms with Gasteiger partial charge in [0.2, 0.25) is 10.0 Å². The van der Waals surface area contributed by atoms with Crippen LogP contribution in [0.1, 0.15) is 49.4 Å². The zero-order valence-electron chi connectivity index (χ0n) is 11.4. The molecule has 3 N–H and O–H groups in total. The number of amides is 1. The van der Waals surface area contributed by atoms with E-state index in [4.69, 9.17) is 9.56 Å². The fourth-order valence-electron chi connectivity index (χ4n) is 1.84. The Hall–Kier alpha value is -1.34. The lowest BCUT2D eigenvalue weighted by molar-refractivity contribution is 0.0904. The van der Waals surface area contributed by atoms with E-state index in [2.05, 4.69) is 5.32 Å². The van der Waals surface area contributed by atoms with Crippen molar-refractivity contribution < 1.29 is 17.6 Å². The summed E-state index contributed by atoms with van der Waals surface area (Å²) in [5.41, 5.74) is 0. The first-order valence-corrected chi connectivity index (χ1v) is 7.78.